The van der Waals surface area contributed by atoms with Gasteiger partial charge in [0.2, 0.25) is 15.9 Å². The standard InChI is InChI=1S/C19H27N3O6S/c1-14(23)21-8-10-22(11-9-21)29(26,27)16-7-5-6-15(12-16)18(25)28-13-17(24)20-19(2,3)4/h5-7,12H,8-11,13H2,1-4H3,(H,20,24). The van der Waals surface area contributed by atoms with Gasteiger partial charge in [0, 0.05) is 38.6 Å². The molecule has 29 heavy (non-hydrogen) atoms. The number of sulfonamides is 1. The van der Waals surface area contributed by atoms with Gasteiger partial charge in [-0.05, 0) is 39.0 Å². The smallest absolute Gasteiger partial charge is 0.338 e. The van der Waals surface area contributed by atoms with Gasteiger partial charge in [0.05, 0.1) is 10.5 Å². The van der Waals surface area contributed by atoms with E-state index in [0.29, 0.717) is 13.1 Å². The highest BCUT2D eigenvalue weighted by atomic mass is 32.2. The molecule has 160 valence electrons. The van der Waals surface area contributed by atoms with E-state index in [1.807, 2.05) is 0 Å². The van der Waals surface area contributed by atoms with Gasteiger partial charge in [0.25, 0.3) is 5.91 Å². The number of ether oxygens (including phenoxy) is 1. The van der Waals surface area contributed by atoms with Crippen LogP contribution >= 0.6 is 0 Å². The molecule has 0 unspecified atom stereocenters. The van der Waals surface area contributed by atoms with Crippen molar-refractivity contribution < 1.29 is 27.5 Å². The zero-order valence-corrected chi connectivity index (χ0v) is 17.9. The summed E-state index contributed by atoms with van der Waals surface area (Å²) in [6.45, 7) is 7.40. The molecule has 0 aliphatic carbocycles. The van der Waals surface area contributed by atoms with Crippen LogP contribution in [-0.4, -0.2) is 73.7 Å². The first-order valence-electron chi connectivity index (χ1n) is 9.24. The fourth-order valence-electron chi connectivity index (χ4n) is 2.84. The first-order valence-corrected chi connectivity index (χ1v) is 10.7. The van der Waals surface area contributed by atoms with Crippen LogP contribution in [0.15, 0.2) is 29.2 Å². The molecule has 10 heteroatoms. The van der Waals surface area contributed by atoms with Gasteiger partial charge in [-0.25, -0.2) is 13.2 Å². The SMILES string of the molecule is CC(=O)N1CCN(S(=O)(=O)c2cccc(C(=O)OCC(=O)NC(C)(C)C)c2)CC1. The van der Waals surface area contributed by atoms with E-state index in [9.17, 15) is 22.8 Å². The third-order valence-corrected chi connectivity index (χ3v) is 6.13. The Hall–Kier alpha value is -2.46. The molecule has 0 radical (unpaired) electrons. The average Bonchev–Trinajstić information content (AvgIpc) is 2.65. The van der Waals surface area contributed by atoms with Crippen LogP contribution < -0.4 is 5.32 Å². The van der Waals surface area contributed by atoms with Crippen molar-refractivity contribution in [2.24, 2.45) is 0 Å². The molecule has 1 fully saturated rings. The van der Waals surface area contributed by atoms with Gasteiger partial charge in [0.15, 0.2) is 6.61 Å². The molecule has 9 nitrogen and oxygen atoms in total. The van der Waals surface area contributed by atoms with Gasteiger partial charge in [-0.3, -0.25) is 9.59 Å². The van der Waals surface area contributed by atoms with Crippen LogP contribution in [0.5, 0.6) is 0 Å². The third-order valence-electron chi connectivity index (χ3n) is 4.24. The quantitative estimate of drug-likeness (QED) is 0.692. The predicted molar refractivity (Wildman–Crippen MR) is 106 cm³/mol. The molecule has 1 heterocycles. The third kappa shape index (κ3) is 6.26. The van der Waals surface area contributed by atoms with Crippen LogP contribution in [0.4, 0.5) is 0 Å². The minimum absolute atomic E-state index is 0.0389. The molecular weight excluding hydrogens is 398 g/mol. The number of hydrogen-bond acceptors (Lipinski definition) is 6. The van der Waals surface area contributed by atoms with Crippen LogP contribution in [-0.2, 0) is 24.3 Å². The number of nitrogens with one attached hydrogen (secondary N) is 1. The minimum atomic E-state index is -3.81. The highest BCUT2D eigenvalue weighted by Gasteiger charge is 2.29. The number of benzene rings is 1. The van der Waals surface area contributed by atoms with Gasteiger partial charge < -0.3 is 15.0 Å². The van der Waals surface area contributed by atoms with Crippen molar-refractivity contribution in [2.45, 2.75) is 38.1 Å². The highest BCUT2D eigenvalue weighted by Crippen LogP contribution is 2.19. The molecule has 0 saturated carbocycles. The van der Waals surface area contributed by atoms with Crippen LogP contribution in [0.2, 0.25) is 0 Å². The van der Waals surface area contributed by atoms with Crippen LogP contribution in [0.25, 0.3) is 0 Å². The number of hydrogen-bond donors (Lipinski definition) is 1. The number of rotatable bonds is 5. The van der Waals surface area contributed by atoms with E-state index in [2.05, 4.69) is 5.32 Å². The molecule has 0 atom stereocenters. The van der Waals surface area contributed by atoms with E-state index in [-0.39, 0.29) is 29.5 Å². The first-order chi connectivity index (χ1) is 13.4. The lowest BCUT2D eigenvalue weighted by Gasteiger charge is -2.33. The van der Waals surface area contributed by atoms with E-state index < -0.39 is 34.0 Å². The summed E-state index contributed by atoms with van der Waals surface area (Å²) in [5.74, 6) is -1.33. The Morgan fingerprint density at radius 1 is 1.10 bits per heavy atom. The van der Waals surface area contributed by atoms with E-state index >= 15 is 0 Å². The maximum absolute atomic E-state index is 12.9. The lowest BCUT2D eigenvalue weighted by atomic mass is 10.1. The van der Waals surface area contributed by atoms with Crippen LogP contribution in [0, 0.1) is 0 Å². The lowest BCUT2D eigenvalue weighted by Crippen LogP contribution is -2.49. The summed E-state index contributed by atoms with van der Waals surface area (Å²) in [5.41, 5.74) is -0.416. The molecule has 1 aromatic rings. The largest absolute Gasteiger partial charge is 0.452 e. The Balaban J connectivity index is 2.05. The van der Waals surface area contributed by atoms with Gasteiger partial charge >= 0.3 is 5.97 Å². The first kappa shape index (κ1) is 22.8. The van der Waals surface area contributed by atoms with Crippen LogP contribution in [0.3, 0.4) is 0 Å². The van der Waals surface area contributed by atoms with Crippen molar-refractivity contribution in [2.75, 3.05) is 32.8 Å². The monoisotopic (exact) mass is 425 g/mol. The van der Waals surface area contributed by atoms with Crippen LogP contribution in [0.1, 0.15) is 38.1 Å². The number of esters is 1. The summed E-state index contributed by atoms with van der Waals surface area (Å²) in [4.78, 5) is 37.0. The topological polar surface area (TPSA) is 113 Å². The second-order valence-corrected chi connectivity index (χ2v) is 9.75. The van der Waals surface area contributed by atoms with E-state index in [4.69, 9.17) is 4.74 Å². The molecule has 2 rings (SSSR count). The molecule has 0 bridgehead atoms. The predicted octanol–water partition coefficient (Wildman–Crippen LogP) is 0.611. The Morgan fingerprint density at radius 2 is 1.72 bits per heavy atom. The maximum atomic E-state index is 12.9. The van der Waals surface area contributed by atoms with Gasteiger partial charge in [-0.15, -0.1) is 0 Å². The molecule has 1 aliphatic rings. The lowest BCUT2D eigenvalue weighted by molar-refractivity contribution is -0.130. The molecule has 1 N–H and O–H groups in total. The van der Waals surface area contributed by atoms with Gasteiger partial charge in [-0.1, -0.05) is 6.07 Å². The number of nitrogens with zero attached hydrogens (tertiary/aromatic N) is 2. The second-order valence-electron chi connectivity index (χ2n) is 7.81. The fourth-order valence-corrected chi connectivity index (χ4v) is 4.31. The summed E-state index contributed by atoms with van der Waals surface area (Å²) in [5, 5.41) is 2.67. The van der Waals surface area contributed by atoms with Gasteiger partial charge in [-0.2, -0.15) is 4.31 Å². The van der Waals surface area contributed by atoms with E-state index in [1.54, 1.807) is 25.7 Å². The molecule has 1 saturated heterocycles. The molecule has 1 aromatic carbocycles. The second kappa shape index (κ2) is 8.91. The van der Waals surface area contributed by atoms with E-state index in [1.165, 1.54) is 35.5 Å². The summed E-state index contributed by atoms with van der Waals surface area (Å²) in [7, 11) is -3.81. The number of carbonyl (C=O) groups excluding carboxylic acids is 3. The Labute approximate surface area is 171 Å². The maximum Gasteiger partial charge on any atom is 0.338 e. The Morgan fingerprint density at radius 3 is 2.28 bits per heavy atom. The molecule has 2 amide bonds. The summed E-state index contributed by atoms with van der Waals surface area (Å²) < 4.78 is 32.0. The summed E-state index contributed by atoms with van der Waals surface area (Å²) >= 11 is 0. The van der Waals surface area contributed by atoms with Crippen molar-refractivity contribution in [1.29, 1.82) is 0 Å². The normalized spacial score (nSPS) is 15.7. The van der Waals surface area contributed by atoms with Crippen molar-refractivity contribution >= 4 is 27.8 Å². The van der Waals surface area contributed by atoms with Crippen molar-refractivity contribution in [3.05, 3.63) is 29.8 Å². The molecular formula is C19H27N3O6S. The average molecular weight is 426 g/mol. The summed E-state index contributed by atoms with van der Waals surface area (Å²) in [6.07, 6.45) is 0. The fraction of sp³-hybridized carbons (Fsp3) is 0.526. The highest BCUT2D eigenvalue weighted by molar-refractivity contribution is 7.89. The van der Waals surface area contributed by atoms with Crippen molar-refractivity contribution in [1.82, 2.24) is 14.5 Å². The molecule has 0 aromatic heterocycles. The molecule has 1 aliphatic heterocycles. The zero-order chi connectivity index (χ0) is 21.8. The Bertz CT molecular complexity index is 883. The number of carbonyl (C=O) groups is 3. The Kier molecular flexibility index (Phi) is 7.02. The number of piperazine rings is 1. The van der Waals surface area contributed by atoms with Crippen molar-refractivity contribution in [3.8, 4) is 0 Å². The van der Waals surface area contributed by atoms with E-state index in [0.717, 1.165) is 0 Å². The summed E-state index contributed by atoms with van der Waals surface area (Å²) in [6, 6.07) is 5.51. The number of amides is 2. The van der Waals surface area contributed by atoms with Gasteiger partial charge in [0.1, 0.15) is 0 Å². The molecule has 0 spiro atoms. The minimum Gasteiger partial charge on any atom is -0.452 e. The van der Waals surface area contributed by atoms with Crippen molar-refractivity contribution in [3.63, 3.8) is 0 Å². The zero-order valence-electron chi connectivity index (χ0n) is 17.1.